The normalized spacial score (nSPS) is 10.5. The summed E-state index contributed by atoms with van der Waals surface area (Å²) in [6.07, 6.45) is 0. The molecular weight excluding hydrogens is 328 g/mol. The number of benzene rings is 3. The zero-order chi connectivity index (χ0) is 18.7. The molecule has 3 aromatic carbocycles. The molecule has 0 saturated heterocycles. The summed E-state index contributed by atoms with van der Waals surface area (Å²) in [6, 6.07) is 17.1. The van der Waals surface area contributed by atoms with Crippen LogP contribution in [0.2, 0.25) is 0 Å². The molecule has 5 heteroatoms. The van der Waals surface area contributed by atoms with Gasteiger partial charge in [-0.05, 0) is 24.3 Å². The number of carbonyl (C=O) groups excluding carboxylic acids is 1. The van der Waals surface area contributed by atoms with Gasteiger partial charge in [-0.1, -0.05) is 24.3 Å². The van der Waals surface area contributed by atoms with Gasteiger partial charge in [-0.15, -0.1) is 0 Å². The summed E-state index contributed by atoms with van der Waals surface area (Å²) in [5.74, 6) is 0.926. The molecule has 0 saturated carbocycles. The van der Waals surface area contributed by atoms with Crippen LogP contribution in [0.5, 0.6) is 11.5 Å². The van der Waals surface area contributed by atoms with Crippen molar-refractivity contribution in [3.8, 4) is 11.5 Å². The van der Waals surface area contributed by atoms with Crippen LogP contribution in [0.25, 0.3) is 10.8 Å². The van der Waals surface area contributed by atoms with Crippen LogP contribution in [0, 0.1) is 0 Å². The van der Waals surface area contributed by atoms with Crippen molar-refractivity contribution in [3.05, 3.63) is 60.2 Å². The second-order valence-corrected chi connectivity index (χ2v) is 6.13. The van der Waals surface area contributed by atoms with E-state index in [0.29, 0.717) is 17.1 Å². The van der Waals surface area contributed by atoms with Crippen LogP contribution < -0.4 is 19.7 Å². The molecule has 0 fully saturated rings. The van der Waals surface area contributed by atoms with E-state index in [4.69, 9.17) is 9.47 Å². The lowest BCUT2D eigenvalue weighted by molar-refractivity contribution is 0.102. The van der Waals surface area contributed by atoms with Crippen molar-refractivity contribution in [1.29, 1.82) is 0 Å². The van der Waals surface area contributed by atoms with E-state index in [9.17, 15) is 4.79 Å². The predicted octanol–water partition coefficient (Wildman–Crippen LogP) is 4.18. The number of hydrogen-bond donors (Lipinski definition) is 1. The highest BCUT2D eigenvalue weighted by molar-refractivity contribution is 6.11. The number of carbonyl (C=O) groups is 1. The van der Waals surface area contributed by atoms with Crippen LogP contribution >= 0.6 is 0 Å². The van der Waals surface area contributed by atoms with E-state index in [1.54, 1.807) is 32.4 Å². The lowest BCUT2D eigenvalue weighted by atomic mass is 10.1. The van der Waals surface area contributed by atoms with Crippen molar-refractivity contribution in [2.24, 2.45) is 0 Å². The fourth-order valence-electron chi connectivity index (χ4n) is 2.92. The highest BCUT2D eigenvalue weighted by Crippen LogP contribution is 2.32. The quantitative estimate of drug-likeness (QED) is 0.750. The van der Waals surface area contributed by atoms with Gasteiger partial charge in [-0.3, -0.25) is 4.79 Å². The number of methoxy groups -OCH3 is 2. The van der Waals surface area contributed by atoms with Gasteiger partial charge in [0.05, 0.1) is 14.2 Å². The highest BCUT2D eigenvalue weighted by Gasteiger charge is 2.13. The van der Waals surface area contributed by atoms with Gasteiger partial charge in [0.25, 0.3) is 5.91 Å². The average Bonchev–Trinajstić information content (AvgIpc) is 2.67. The lowest BCUT2D eigenvalue weighted by Gasteiger charge is -2.18. The van der Waals surface area contributed by atoms with E-state index in [1.807, 2.05) is 44.4 Å². The van der Waals surface area contributed by atoms with Crippen LogP contribution in [0.4, 0.5) is 11.4 Å². The van der Waals surface area contributed by atoms with Crippen LogP contribution in [0.1, 0.15) is 10.4 Å². The molecule has 0 atom stereocenters. The Morgan fingerprint density at radius 1 is 0.885 bits per heavy atom. The first-order valence-corrected chi connectivity index (χ1v) is 8.27. The van der Waals surface area contributed by atoms with Crippen LogP contribution in [0.15, 0.2) is 54.6 Å². The SMILES string of the molecule is COc1cc(OC)cc(C(=O)Nc2ccc(N(C)C)c3ccccc23)c1. The first-order chi connectivity index (χ1) is 12.5. The Kier molecular flexibility index (Phi) is 4.98. The standard InChI is InChI=1S/C21H22N2O3/c1-23(2)20-10-9-19(17-7-5-6-8-18(17)20)22-21(24)14-11-15(25-3)13-16(12-14)26-4/h5-13H,1-4H3,(H,22,24). The Labute approximate surface area is 153 Å². The van der Waals surface area contributed by atoms with Gasteiger partial charge in [0.15, 0.2) is 0 Å². The minimum Gasteiger partial charge on any atom is -0.497 e. The molecule has 5 nitrogen and oxygen atoms in total. The monoisotopic (exact) mass is 350 g/mol. The number of amides is 1. The van der Waals surface area contributed by atoms with E-state index in [-0.39, 0.29) is 5.91 Å². The predicted molar refractivity (Wildman–Crippen MR) is 106 cm³/mol. The summed E-state index contributed by atoms with van der Waals surface area (Å²) in [4.78, 5) is 14.8. The van der Waals surface area contributed by atoms with E-state index >= 15 is 0 Å². The second kappa shape index (κ2) is 7.35. The summed E-state index contributed by atoms with van der Waals surface area (Å²) < 4.78 is 10.5. The van der Waals surface area contributed by atoms with E-state index in [1.165, 1.54) is 0 Å². The maximum atomic E-state index is 12.8. The Morgan fingerprint density at radius 2 is 1.50 bits per heavy atom. The van der Waals surface area contributed by atoms with Gasteiger partial charge >= 0.3 is 0 Å². The van der Waals surface area contributed by atoms with E-state index in [2.05, 4.69) is 16.3 Å². The third-order valence-electron chi connectivity index (χ3n) is 4.24. The van der Waals surface area contributed by atoms with Gasteiger partial charge in [0.1, 0.15) is 11.5 Å². The Morgan fingerprint density at radius 3 is 2.08 bits per heavy atom. The van der Waals surface area contributed by atoms with Crippen molar-refractivity contribution >= 4 is 28.1 Å². The third kappa shape index (κ3) is 3.42. The molecular formula is C21H22N2O3. The Hall–Kier alpha value is -3.21. The van der Waals surface area contributed by atoms with Gasteiger partial charge in [0, 0.05) is 47.9 Å². The molecule has 0 spiro atoms. The molecule has 0 aliphatic carbocycles. The fourth-order valence-corrected chi connectivity index (χ4v) is 2.92. The van der Waals surface area contributed by atoms with Gasteiger partial charge < -0.3 is 19.7 Å². The van der Waals surface area contributed by atoms with Crippen molar-refractivity contribution < 1.29 is 14.3 Å². The number of anilines is 2. The number of hydrogen-bond acceptors (Lipinski definition) is 4. The Bertz CT molecular complexity index is 929. The molecule has 3 rings (SSSR count). The van der Waals surface area contributed by atoms with Crippen molar-refractivity contribution in [3.63, 3.8) is 0 Å². The van der Waals surface area contributed by atoms with Crippen molar-refractivity contribution in [2.45, 2.75) is 0 Å². The maximum absolute atomic E-state index is 12.8. The van der Waals surface area contributed by atoms with Crippen LogP contribution in [-0.4, -0.2) is 34.2 Å². The lowest BCUT2D eigenvalue weighted by Crippen LogP contribution is -2.14. The maximum Gasteiger partial charge on any atom is 0.255 e. The summed E-state index contributed by atoms with van der Waals surface area (Å²) in [5, 5.41) is 5.07. The first kappa shape index (κ1) is 17.6. The molecule has 26 heavy (non-hydrogen) atoms. The number of fused-ring (bicyclic) bond motifs is 1. The van der Waals surface area contributed by atoms with Gasteiger partial charge in [0.2, 0.25) is 0 Å². The topological polar surface area (TPSA) is 50.8 Å². The molecule has 1 N–H and O–H groups in total. The molecule has 0 radical (unpaired) electrons. The third-order valence-corrected chi connectivity index (χ3v) is 4.24. The average molecular weight is 350 g/mol. The van der Waals surface area contributed by atoms with Crippen molar-refractivity contribution in [2.75, 3.05) is 38.5 Å². The molecule has 1 amide bonds. The summed E-state index contributed by atoms with van der Waals surface area (Å²) in [5.41, 5.74) is 2.33. The number of nitrogens with one attached hydrogen (secondary N) is 1. The molecule has 0 aromatic heterocycles. The van der Waals surface area contributed by atoms with Crippen LogP contribution in [0.3, 0.4) is 0 Å². The summed E-state index contributed by atoms with van der Waals surface area (Å²) in [6.45, 7) is 0. The number of nitrogens with zero attached hydrogens (tertiary/aromatic N) is 1. The molecule has 0 bridgehead atoms. The number of ether oxygens (including phenoxy) is 2. The Balaban J connectivity index is 1.99. The number of rotatable bonds is 5. The van der Waals surface area contributed by atoms with E-state index < -0.39 is 0 Å². The molecule has 0 aliphatic heterocycles. The summed E-state index contributed by atoms with van der Waals surface area (Å²) >= 11 is 0. The summed E-state index contributed by atoms with van der Waals surface area (Å²) in [7, 11) is 7.12. The minimum atomic E-state index is -0.218. The van der Waals surface area contributed by atoms with Crippen LogP contribution in [-0.2, 0) is 0 Å². The smallest absolute Gasteiger partial charge is 0.255 e. The highest BCUT2D eigenvalue weighted by atomic mass is 16.5. The largest absolute Gasteiger partial charge is 0.497 e. The minimum absolute atomic E-state index is 0.218. The van der Waals surface area contributed by atoms with E-state index in [0.717, 1.165) is 22.1 Å². The molecule has 134 valence electrons. The fraction of sp³-hybridized carbons (Fsp3) is 0.190. The molecule has 0 aliphatic rings. The molecule has 0 heterocycles. The first-order valence-electron chi connectivity index (χ1n) is 8.27. The van der Waals surface area contributed by atoms with Gasteiger partial charge in [-0.25, -0.2) is 0 Å². The zero-order valence-corrected chi connectivity index (χ0v) is 15.4. The second-order valence-electron chi connectivity index (χ2n) is 6.13. The molecule has 3 aromatic rings. The zero-order valence-electron chi connectivity index (χ0n) is 15.4. The van der Waals surface area contributed by atoms with Gasteiger partial charge in [-0.2, -0.15) is 0 Å². The van der Waals surface area contributed by atoms with Crippen molar-refractivity contribution in [1.82, 2.24) is 0 Å². The molecule has 0 unspecified atom stereocenters.